The van der Waals surface area contributed by atoms with Crippen LogP contribution in [0.5, 0.6) is 0 Å². The van der Waals surface area contributed by atoms with Crippen LogP contribution in [0.15, 0.2) is 64.7 Å². The second-order valence-electron chi connectivity index (χ2n) is 3.26. The molecule has 2 heteroatoms. The van der Waals surface area contributed by atoms with Crippen LogP contribution >= 0.6 is 20.4 Å². The molecule has 0 aliphatic carbocycles. The zero-order chi connectivity index (χ0) is 11.2. The van der Waals surface area contributed by atoms with E-state index in [9.17, 15) is 2.86 Å². The molecule has 0 aliphatic rings. The van der Waals surface area contributed by atoms with Gasteiger partial charge in [-0.2, -0.15) is 0 Å². The third-order valence-electron chi connectivity index (χ3n) is 2.11. The van der Waals surface area contributed by atoms with Gasteiger partial charge in [0.05, 0.1) is 0 Å². The summed E-state index contributed by atoms with van der Waals surface area (Å²) in [6, 6.07) is 19.2. The number of hydrogen-bond donors (Lipinski definition) is 0. The first-order chi connectivity index (χ1) is 7.86. The van der Waals surface area contributed by atoms with Crippen LogP contribution < -0.4 is 0 Å². The van der Waals surface area contributed by atoms with Gasteiger partial charge in [-0.15, -0.1) is 0 Å². The monoisotopic (exact) mass is 326 g/mol. The molecule has 0 atom stereocenters. The minimum atomic E-state index is -2.59. The Morgan fingerprint density at radius 3 is 2.00 bits per heavy atom. The van der Waals surface area contributed by atoms with Crippen molar-refractivity contribution in [2.45, 2.75) is 0 Å². The Morgan fingerprint density at radius 1 is 0.812 bits per heavy atom. The quantitative estimate of drug-likeness (QED) is 0.703. The third-order valence-corrected chi connectivity index (χ3v) is 5.01. The molecule has 82 valence electrons. The normalized spacial score (nSPS) is 11.7. The van der Waals surface area contributed by atoms with E-state index >= 15 is 0 Å². The summed E-state index contributed by atoms with van der Waals surface area (Å²) in [6.45, 7) is 0. The molecule has 0 saturated carbocycles. The summed E-state index contributed by atoms with van der Waals surface area (Å²) >= 11 is -2.59. The van der Waals surface area contributed by atoms with Gasteiger partial charge in [-0.1, -0.05) is 0 Å². The van der Waals surface area contributed by atoms with Crippen LogP contribution in [0, 0.1) is 3.57 Å². The van der Waals surface area contributed by atoms with Crippen molar-refractivity contribution < 1.29 is 2.86 Å². The molecule has 0 aromatic heterocycles. The van der Waals surface area contributed by atoms with Crippen molar-refractivity contribution in [3.05, 3.63) is 73.9 Å². The average molecular weight is 326 g/mol. The Bertz CT molecular complexity index is 451. The second kappa shape index (κ2) is 5.80. The van der Waals surface area contributed by atoms with Crippen LogP contribution in [0.4, 0.5) is 2.86 Å². The van der Waals surface area contributed by atoms with Gasteiger partial charge in [0.2, 0.25) is 0 Å². The van der Waals surface area contributed by atoms with Crippen LogP contribution in [-0.4, -0.2) is 0 Å². The molecule has 0 unspecified atom stereocenters. The van der Waals surface area contributed by atoms with Gasteiger partial charge in [0.1, 0.15) is 0 Å². The van der Waals surface area contributed by atoms with E-state index in [1.165, 1.54) is 0 Å². The molecular weight excluding hydrogens is 314 g/mol. The first-order valence-corrected chi connectivity index (χ1v) is 8.13. The molecule has 0 heterocycles. The molecule has 2 rings (SSSR count). The summed E-state index contributed by atoms with van der Waals surface area (Å²) in [7, 11) is 0. The van der Waals surface area contributed by atoms with E-state index < -0.39 is 20.4 Å². The second-order valence-corrected chi connectivity index (χ2v) is 6.73. The number of rotatable bonds is 3. The van der Waals surface area contributed by atoms with E-state index in [4.69, 9.17) is 0 Å². The van der Waals surface area contributed by atoms with E-state index in [-0.39, 0.29) is 0 Å². The van der Waals surface area contributed by atoms with Gasteiger partial charge in [0, 0.05) is 0 Å². The van der Waals surface area contributed by atoms with Crippen molar-refractivity contribution in [3.8, 4) is 0 Å². The maximum atomic E-state index is 13.9. The molecule has 0 radical (unpaired) electrons. The number of hydrogen-bond acceptors (Lipinski definition) is 0. The van der Waals surface area contributed by atoms with Crippen LogP contribution in [-0.2, 0) is 0 Å². The summed E-state index contributed by atoms with van der Waals surface area (Å²) in [5.74, 6) is 0. The van der Waals surface area contributed by atoms with E-state index in [0.29, 0.717) is 0 Å². The summed E-state index contributed by atoms with van der Waals surface area (Å²) in [5.41, 5.74) is 1.05. The van der Waals surface area contributed by atoms with Crippen molar-refractivity contribution in [2.24, 2.45) is 0 Å². The summed E-state index contributed by atoms with van der Waals surface area (Å²) in [4.78, 5) is 0. The number of halogens is 2. The molecule has 2 aromatic carbocycles. The van der Waals surface area contributed by atoms with Gasteiger partial charge < -0.3 is 0 Å². The molecule has 0 aliphatic heterocycles. The van der Waals surface area contributed by atoms with Gasteiger partial charge >= 0.3 is 103 Å². The molecule has 0 bridgehead atoms. The first-order valence-electron chi connectivity index (χ1n) is 4.99. The summed E-state index contributed by atoms with van der Waals surface area (Å²) in [6.07, 6.45) is 1.87. The Morgan fingerprint density at radius 2 is 1.38 bits per heavy atom. The van der Waals surface area contributed by atoms with E-state index in [0.717, 1.165) is 9.13 Å². The molecule has 0 fully saturated rings. The molecular formula is C14H12FI. The van der Waals surface area contributed by atoms with Crippen LogP contribution in [0.3, 0.4) is 0 Å². The van der Waals surface area contributed by atoms with Crippen LogP contribution in [0.2, 0.25) is 0 Å². The molecule has 0 nitrogen and oxygen atoms in total. The standard InChI is InChI=1S/C14H12FI/c15-16(14-9-5-2-6-10-14)12-11-13-7-3-1-4-8-13/h1-12H/b12-11+. The topological polar surface area (TPSA) is 0 Å². The van der Waals surface area contributed by atoms with Gasteiger partial charge in [-0.25, -0.2) is 0 Å². The van der Waals surface area contributed by atoms with Crippen molar-refractivity contribution in [2.75, 3.05) is 0 Å². The van der Waals surface area contributed by atoms with Crippen LogP contribution in [0.1, 0.15) is 5.56 Å². The zero-order valence-electron chi connectivity index (χ0n) is 8.68. The minimum absolute atomic E-state index is 0.846. The average Bonchev–Trinajstić information content (AvgIpc) is 2.38. The first kappa shape index (κ1) is 11.3. The molecule has 0 spiro atoms. The van der Waals surface area contributed by atoms with E-state index in [2.05, 4.69) is 0 Å². The predicted molar refractivity (Wildman–Crippen MR) is 75.7 cm³/mol. The predicted octanol–water partition coefficient (Wildman–Crippen LogP) is 4.92. The molecule has 0 N–H and O–H groups in total. The summed E-state index contributed by atoms with van der Waals surface area (Å²) < 4.78 is 16.5. The van der Waals surface area contributed by atoms with E-state index in [1.54, 1.807) is 4.08 Å². The fraction of sp³-hybridized carbons (Fsp3) is 0. The number of benzene rings is 2. The fourth-order valence-electron chi connectivity index (χ4n) is 1.30. The maximum absolute atomic E-state index is 13.9. The fourth-order valence-corrected chi connectivity index (χ4v) is 3.55. The molecule has 0 saturated heterocycles. The molecule has 0 amide bonds. The zero-order valence-corrected chi connectivity index (χ0v) is 10.8. The van der Waals surface area contributed by atoms with Gasteiger partial charge in [-0.05, 0) is 0 Å². The third kappa shape index (κ3) is 3.17. The van der Waals surface area contributed by atoms with Gasteiger partial charge in [-0.3, -0.25) is 0 Å². The van der Waals surface area contributed by atoms with Crippen LogP contribution in [0.25, 0.3) is 6.08 Å². The Balaban J connectivity index is 2.08. The van der Waals surface area contributed by atoms with Gasteiger partial charge in [0.25, 0.3) is 0 Å². The molecule has 16 heavy (non-hydrogen) atoms. The Kier molecular flexibility index (Phi) is 4.10. The Hall–Kier alpha value is -1.16. The molecule has 2 aromatic rings. The van der Waals surface area contributed by atoms with Crippen molar-refractivity contribution in [1.82, 2.24) is 0 Å². The van der Waals surface area contributed by atoms with E-state index in [1.807, 2.05) is 66.7 Å². The summed E-state index contributed by atoms with van der Waals surface area (Å²) in [5, 5.41) is 0. The van der Waals surface area contributed by atoms with Gasteiger partial charge in [0.15, 0.2) is 0 Å². The van der Waals surface area contributed by atoms with Crippen molar-refractivity contribution >= 4 is 26.5 Å². The van der Waals surface area contributed by atoms with Crippen molar-refractivity contribution in [1.29, 1.82) is 0 Å². The van der Waals surface area contributed by atoms with Crippen molar-refractivity contribution in [3.63, 3.8) is 0 Å². The Labute approximate surface area is 103 Å². The SMILES string of the molecule is FI(/C=C/c1ccccc1)c1ccccc1.